The van der Waals surface area contributed by atoms with E-state index in [0.29, 0.717) is 12.5 Å². The van der Waals surface area contributed by atoms with Crippen molar-refractivity contribution >= 4 is 17.5 Å². The van der Waals surface area contributed by atoms with E-state index in [0.717, 1.165) is 16.8 Å². The monoisotopic (exact) mass is 276 g/mol. The fraction of sp³-hybridized carbons (Fsp3) is 0.500. The molecule has 0 heterocycles. The van der Waals surface area contributed by atoms with Crippen molar-refractivity contribution in [3.63, 3.8) is 0 Å². The first kappa shape index (κ1) is 16.2. The number of hydrogen-bond acceptors (Lipinski definition) is 2. The maximum atomic E-state index is 11.9. The highest BCUT2D eigenvalue weighted by Crippen LogP contribution is 2.18. The number of anilines is 1. The van der Waals surface area contributed by atoms with Crippen molar-refractivity contribution in [3.8, 4) is 0 Å². The second-order valence-corrected chi connectivity index (χ2v) is 5.65. The third-order valence-corrected chi connectivity index (χ3v) is 2.91. The second-order valence-electron chi connectivity index (χ2n) is 5.65. The summed E-state index contributed by atoms with van der Waals surface area (Å²) < 4.78 is 0. The first-order valence-electron chi connectivity index (χ1n) is 6.92. The number of rotatable bonds is 5. The van der Waals surface area contributed by atoms with Crippen molar-refractivity contribution in [2.24, 2.45) is 5.92 Å². The number of carbonyl (C=O) groups excluding carboxylic acids is 2. The molecule has 2 amide bonds. The number of carbonyl (C=O) groups is 2. The number of benzene rings is 1. The molecule has 0 aliphatic heterocycles. The average Bonchev–Trinajstić information content (AvgIpc) is 2.31. The Morgan fingerprint density at radius 3 is 2.15 bits per heavy atom. The van der Waals surface area contributed by atoms with E-state index in [1.54, 1.807) is 0 Å². The van der Waals surface area contributed by atoms with Gasteiger partial charge in [-0.1, -0.05) is 19.9 Å². The van der Waals surface area contributed by atoms with Crippen molar-refractivity contribution < 1.29 is 9.59 Å². The highest BCUT2D eigenvalue weighted by atomic mass is 16.2. The lowest BCUT2D eigenvalue weighted by Gasteiger charge is -2.22. The Morgan fingerprint density at radius 1 is 1.15 bits per heavy atom. The fourth-order valence-corrected chi connectivity index (χ4v) is 2.01. The summed E-state index contributed by atoms with van der Waals surface area (Å²) in [7, 11) is 0. The molecule has 1 N–H and O–H groups in total. The third-order valence-electron chi connectivity index (χ3n) is 2.91. The van der Waals surface area contributed by atoms with Gasteiger partial charge in [0.15, 0.2) is 0 Å². The first-order valence-corrected chi connectivity index (χ1v) is 6.92. The molecule has 110 valence electrons. The molecule has 1 aromatic carbocycles. The van der Waals surface area contributed by atoms with Crippen LogP contribution in [-0.4, -0.2) is 24.9 Å². The van der Waals surface area contributed by atoms with Crippen molar-refractivity contribution in [1.82, 2.24) is 5.32 Å². The van der Waals surface area contributed by atoms with E-state index in [1.807, 2.05) is 45.9 Å². The summed E-state index contributed by atoms with van der Waals surface area (Å²) in [4.78, 5) is 25.2. The third kappa shape index (κ3) is 5.03. The lowest BCUT2D eigenvalue weighted by atomic mass is 10.1. The van der Waals surface area contributed by atoms with Crippen LogP contribution in [-0.2, 0) is 9.59 Å². The average molecular weight is 276 g/mol. The summed E-state index contributed by atoms with van der Waals surface area (Å²) in [5.41, 5.74) is 2.93. The van der Waals surface area contributed by atoms with E-state index < -0.39 is 0 Å². The van der Waals surface area contributed by atoms with Gasteiger partial charge >= 0.3 is 0 Å². The Labute approximate surface area is 121 Å². The molecule has 0 aliphatic rings. The van der Waals surface area contributed by atoms with Crippen LogP contribution in [0.15, 0.2) is 18.2 Å². The molecule has 0 saturated heterocycles. The molecule has 0 saturated carbocycles. The van der Waals surface area contributed by atoms with E-state index in [2.05, 4.69) is 5.32 Å². The largest absolute Gasteiger partial charge is 0.354 e. The van der Waals surface area contributed by atoms with Gasteiger partial charge in [0.2, 0.25) is 11.8 Å². The van der Waals surface area contributed by atoms with Gasteiger partial charge < -0.3 is 10.2 Å². The van der Waals surface area contributed by atoms with Gasteiger partial charge in [-0.05, 0) is 43.0 Å². The number of hydrogen-bond donors (Lipinski definition) is 1. The summed E-state index contributed by atoms with van der Waals surface area (Å²) in [6.45, 7) is 10.2. The standard InChI is InChI=1S/C16H24N2O2/c1-11(2)9-17-16(20)10-18(14(5)19)15-7-12(3)6-13(4)8-15/h6-8,11H,9-10H2,1-5H3,(H,17,20). The van der Waals surface area contributed by atoms with Gasteiger partial charge in [-0.15, -0.1) is 0 Å². The molecular formula is C16H24N2O2. The van der Waals surface area contributed by atoms with Crippen LogP contribution >= 0.6 is 0 Å². The summed E-state index contributed by atoms with van der Waals surface area (Å²) in [5.74, 6) is 0.133. The Hall–Kier alpha value is -1.84. The number of nitrogens with zero attached hydrogens (tertiary/aromatic N) is 1. The van der Waals surface area contributed by atoms with Crippen LogP contribution in [0.2, 0.25) is 0 Å². The van der Waals surface area contributed by atoms with Crippen LogP contribution in [0.5, 0.6) is 0 Å². The van der Waals surface area contributed by atoms with Gasteiger partial charge in [-0.2, -0.15) is 0 Å². The zero-order valence-corrected chi connectivity index (χ0v) is 13.0. The van der Waals surface area contributed by atoms with E-state index in [-0.39, 0.29) is 18.4 Å². The minimum absolute atomic E-state index is 0.0605. The van der Waals surface area contributed by atoms with Crippen LogP contribution in [0.3, 0.4) is 0 Å². The Morgan fingerprint density at radius 2 is 1.70 bits per heavy atom. The summed E-state index contributed by atoms with van der Waals surface area (Å²) in [5, 5.41) is 2.83. The summed E-state index contributed by atoms with van der Waals surface area (Å²) in [6, 6.07) is 5.88. The van der Waals surface area contributed by atoms with Gasteiger partial charge in [-0.3, -0.25) is 9.59 Å². The molecule has 4 heteroatoms. The number of nitrogens with one attached hydrogen (secondary N) is 1. The normalized spacial score (nSPS) is 10.5. The van der Waals surface area contributed by atoms with Crippen molar-refractivity contribution in [2.45, 2.75) is 34.6 Å². The second kappa shape index (κ2) is 7.08. The van der Waals surface area contributed by atoms with Crippen molar-refractivity contribution in [2.75, 3.05) is 18.0 Å². The Balaban J connectivity index is 2.84. The minimum Gasteiger partial charge on any atom is -0.354 e. The quantitative estimate of drug-likeness (QED) is 0.898. The number of aryl methyl sites for hydroxylation is 2. The molecule has 0 bridgehead atoms. The molecule has 1 rings (SSSR count). The van der Waals surface area contributed by atoms with E-state index in [1.165, 1.54) is 11.8 Å². The van der Waals surface area contributed by atoms with Crippen LogP contribution < -0.4 is 10.2 Å². The van der Waals surface area contributed by atoms with Gasteiger partial charge in [0.05, 0.1) is 0 Å². The van der Waals surface area contributed by atoms with Crippen molar-refractivity contribution in [1.29, 1.82) is 0 Å². The highest BCUT2D eigenvalue weighted by Gasteiger charge is 2.16. The predicted octanol–water partition coefficient (Wildman–Crippen LogP) is 2.43. The minimum atomic E-state index is -0.131. The van der Waals surface area contributed by atoms with Gasteiger partial charge in [0.25, 0.3) is 0 Å². The Bertz CT molecular complexity index is 475. The Kier molecular flexibility index (Phi) is 5.74. The molecule has 0 spiro atoms. The molecule has 0 fully saturated rings. The lowest BCUT2D eigenvalue weighted by Crippen LogP contribution is -2.40. The summed E-state index contributed by atoms with van der Waals surface area (Å²) >= 11 is 0. The van der Waals surface area contributed by atoms with E-state index in [4.69, 9.17) is 0 Å². The fourth-order valence-electron chi connectivity index (χ4n) is 2.01. The van der Waals surface area contributed by atoms with Gasteiger partial charge in [-0.25, -0.2) is 0 Å². The molecule has 0 aliphatic carbocycles. The number of amides is 2. The smallest absolute Gasteiger partial charge is 0.240 e. The SMILES string of the molecule is CC(=O)N(CC(=O)NCC(C)C)c1cc(C)cc(C)c1. The zero-order chi connectivity index (χ0) is 15.3. The molecule has 4 nitrogen and oxygen atoms in total. The molecule has 0 radical (unpaired) electrons. The maximum Gasteiger partial charge on any atom is 0.240 e. The van der Waals surface area contributed by atoms with E-state index >= 15 is 0 Å². The molecule has 0 atom stereocenters. The van der Waals surface area contributed by atoms with Crippen molar-refractivity contribution in [3.05, 3.63) is 29.3 Å². The van der Waals surface area contributed by atoms with Gasteiger partial charge in [0, 0.05) is 19.2 Å². The topological polar surface area (TPSA) is 49.4 Å². The lowest BCUT2D eigenvalue weighted by molar-refractivity contribution is -0.123. The predicted molar refractivity (Wildman–Crippen MR) is 81.8 cm³/mol. The van der Waals surface area contributed by atoms with E-state index in [9.17, 15) is 9.59 Å². The van der Waals surface area contributed by atoms with Gasteiger partial charge in [0.1, 0.15) is 6.54 Å². The molecular weight excluding hydrogens is 252 g/mol. The first-order chi connectivity index (χ1) is 9.29. The van der Waals surface area contributed by atoms with Crippen LogP contribution in [0.4, 0.5) is 5.69 Å². The van der Waals surface area contributed by atoms with Crippen LogP contribution in [0, 0.1) is 19.8 Å². The summed E-state index contributed by atoms with van der Waals surface area (Å²) in [6.07, 6.45) is 0. The molecule has 0 unspecified atom stereocenters. The van der Waals surface area contributed by atoms with Crippen LogP contribution in [0.1, 0.15) is 31.9 Å². The van der Waals surface area contributed by atoms with Crippen LogP contribution in [0.25, 0.3) is 0 Å². The molecule has 1 aromatic rings. The highest BCUT2D eigenvalue weighted by molar-refractivity contribution is 5.97. The molecule has 20 heavy (non-hydrogen) atoms. The maximum absolute atomic E-state index is 11.9. The molecule has 0 aromatic heterocycles. The zero-order valence-electron chi connectivity index (χ0n) is 13.0.